The molecule has 2 rings (SSSR count). The normalized spacial score (nSPS) is 15.0. The molecule has 0 atom stereocenters. The number of amides is 1. The van der Waals surface area contributed by atoms with Crippen molar-refractivity contribution in [3.8, 4) is 0 Å². The van der Waals surface area contributed by atoms with Crippen molar-refractivity contribution in [2.45, 2.75) is 6.04 Å². The van der Waals surface area contributed by atoms with E-state index in [1.807, 2.05) is 0 Å². The molecule has 1 heterocycles. The lowest BCUT2D eigenvalue weighted by molar-refractivity contribution is -0.387. The summed E-state index contributed by atoms with van der Waals surface area (Å²) in [6.07, 6.45) is 0. The van der Waals surface area contributed by atoms with Gasteiger partial charge in [0.25, 0.3) is 5.91 Å². The molecule has 0 spiro atoms. The summed E-state index contributed by atoms with van der Waals surface area (Å²) >= 11 is 0. The minimum Gasteiger partial charge on any atom is -0.377 e. The van der Waals surface area contributed by atoms with Crippen LogP contribution in [0.4, 0.5) is 14.5 Å². The zero-order valence-corrected chi connectivity index (χ0v) is 8.98. The number of nitrogens with one attached hydrogen (secondary N) is 1. The maximum Gasteiger partial charge on any atom is 0.308 e. The second kappa shape index (κ2) is 4.65. The maximum atomic E-state index is 13.6. The van der Waals surface area contributed by atoms with Crippen LogP contribution >= 0.6 is 0 Å². The molecule has 1 aliphatic rings. The highest BCUT2D eigenvalue weighted by molar-refractivity contribution is 5.95. The fraction of sp³-hybridized carbons (Fsp3) is 0.300. The molecule has 0 aromatic heterocycles. The molecule has 1 amide bonds. The lowest BCUT2D eigenvalue weighted by atomic mass is 10.1. The number of hydrogen-bond donors (Lipinski definition) is 1. The summed E-state index contributed by atoms with van der Waals surface area (Å²) < 4.78 is 31.5. The van der Waals surface area contributed by atoms with Crippen LogP contribution < -0.4 is 5.32 Å². The fourth-order valence-electron chi connectivity index (χ4n) is 1.46. The number of nitro groups is 1. The van der Waals surface area contributed by atoms with Crippen LogP contribution in [0.5, 0.6) is 0 Å². The van der Waals surface area contributed by atoms with Gasteiger partial charge in [-0.15, -0.1) is 0 Å². The first-order valence-electron chi connectivity index (χ1n) is 5.01. The molecule has 0 unspecified atom stereocenters. The van der Waals surface area contributed by atoms with Gasteiger partial charge in [-0.1, -0.05) is 0 Å². The van der Waals surface area contributed by atoms with Gasteiger partial charge in [-0.05, 0) is 6.07 Å². The molecule has 0 radical (unpaired) electrons. The van der Waals surface area contributed by atoms with Crippen molar-refractivity contribution in [2.75, 3.05) is 13.2 Å². The smallest absolute Gasteiger partial charge is 0.308 e. The average molecular weight is 258 g/mol. The van der Waals surface area contributed by atoms with Gasteiger partial charge in [0.1, 0.15) is 5.82 Å². The molecule has 1 saturated heterocycles. The highest BCUT2D eigenvalue weighted by Crippen LogP contribution is 2.22. The highest BCUT2D eigenvalue weighted by Gasteiger charge is 2.27. The van der Waals surface area contributed by atoms with E-state index in [1.54, 1.807) is 0 Å². The summed E-state index contributed by atoms with van der Waals surface area (Å²) in [5.41, 5.74) is -1.75. The average Bonchev–Trinajstić information content (AvgIpc) is 2.25. The van der Waals surface area contributed by atoms with Crippen LogP contribution in [0.15, 0.2) is 12.1 Å². The van der Waals surface area contributed by atoms with Gasteiger partial charge in [-0.25, -0.2) is 4.39 Å². The Morgan fingerprint density at radius 3 is 2.61 bits per heavy atom. The molecule has 8 heteroatoms. The third-order valence-electron chi connectivity index (χ3n) is 2.43. The summed E-state index contributed by atoms with van der Waals surface area (Å²) in [4.78, 5) is 21.0. The standard InChI is InChI=1S/C10H8F2N2O4/c11-5-1-7(9(12)8(2-5)14(16)17)10(15)13-6-3-18-4-6/h1-2,6H,3-4H2,(H,13,15). The molecule has 1 aliphatic heterocycles. The fourth-order valence-corrected chi connectivity index (χ4v) is 1.46. The minimum absolute atomic E-state index is 0.278. The van der Waals surface area contributed by atoms with Crippen LogP contribution in [0.2, 0.25) is 0 Å². The van der Waals surface area contributed by atoms with Gasteiger partial charge in [0.15, 0.2) is 0 Å². The Hall–Kier alpha value is -2.09. The number of hydrogen-bond acceptors (Lipinski definition) is 4. The number of nitro benzene ring substituents is 1. The molecule has 96 valence electrons. The number of rotatable bonds is 3. The van der Waals surface area contributed by atoms with Crippen LogP contribution in [0.3, 0.4) is 0 Å². The van der Waals surface area contributed by atoms with E-state index in [0.29, 0.717) is 12.1 Å². The predicted molar refractivity (Wildman–Crippen MR) is 55.1 cm³/mol. The maximum absolute atomic E-state index is 13.6. The van der Waals surface area contributed by atoms with Crippen molar-refractivity contribution >= 4 is 11.6 Å². The van der Waals surface area contributed by atoms with E-state index in [9.17, 15) is 23.7 Å². The molecule has 1 fully saturated rings. The van der Waals surface area contributed by atoms with Gasteiger partial charge in [0, 0.05) is 0 Å². The number of halogens is 2. The Labute approximate surface area is 99.7 Å². The van der Waals surface area contributed by atoms with Gasteiger partial charge in [0.05, 0.1) is 35.8 Å². The van der Waals surface area contributed by atoms with E-state index in [2.05, 4.69) is 5.32 Å². The van der Waals surface area contributed by atoms with E-state index in [4.69, 9.17) is 4.74 Å². The van der Waals surface area contributed by atoms with Crippen molar-refractivity contribution in [2.24, 2.45) is 0 Å². The molecule has 0 saturated carbocycles. The molecular formula is C10H8F2N2O4. The van der Waals surface area contributed by atoms with Crippen molar-refractivity contribution in [3.05, 3.63) is 39.4 Å². The van der Waals surface area contributed by atoms with E-state index >= 15 is 0 Å². The molecule has 0 bridgehead atoms. The zero-order chi connectivity index (χ0) is 13.3. The molecule has 0 aliphatic carbocycles. The Balaban J connectivity index is 2.31. The lowest BCUT2D eigenvalue weighted by Gasteiger charge is -2.26. The Bertz CT molecular complexity index is 517. The SMILES string of the molecule is O=C(NC1COC1)c1cc(F)cc([N+](=O)[O-])c1F. The van der Waals surface area contributed by atoms with Crippen LogP contribution in [-0.2, 0) is 4.74 Å². The highest BCUT2D eigenvalue weighted by atomic mass is 19.1. The van der Waals surface area contributed by atoms with Gasteiger partial charge >= 0.3 is 5.69 Å². The first-order valence-corrected chi connectivity index (χ1v) is 5.01. The van der Waals surface area contributed by atoms with Crippen LogP contribution in [0, 0.1) is 21.7 Å². The second-order valence-electron chi connectivity index (χ2n) is 3.75. The van der Waals surface area contributed by atoms with Crippen molar-refractivity contribution in [3.63, 3.8) is 0 Å². The molecule has 1 N–H and O–H groups in total. The largest absolute Gasteiger partial charge is 0.377 e. The summed E-state index contributed by atoms with van der Waals surface area (Å²) in [6.45, 7) is 0.565. The third kappa shape index (κ3) is 2.28. The lowest BCUT2D eigenvalue weighted by Crippen LogP contribution is -2.48. The predicted octanol–water partition coefficient (Wildman–Crippen LogP) is 1.00. The van der Waals surface area contributed by atoms with E-state index < -0.39 is 33.7 Å². The molecule has 18 heavy (non-hydrogen) atoms. The van der Waals surface area contributed by atoms with E-state index in [-0.39, 0.29) is 19.3 Å². The first-order chi connectivity index (χ1) is 8.49. The number of carbonyl (C=O) groups is 1. The van der Waals surface area contributed by atoms with Crippen molar-refractivity contribution in [1.29, 1.82) is 0 Å². The van der Waals surface area contributed by atoms with Crippen LogP contribution in [0.25, 0.3) is 0 Å². The number of nitrogens with zero attached hydrogens (tertiary/aromatic N) is 1. The van der Waals surface area contributed by atoms with Crippen molar-refractivity contribution in [1.82, 2.24) is 5.32 Å². The van der Waals surface area contributed by atoms with Crippen LogP contribution in [0.1, 0.15) is 10.4 Å². The van der Waals surface area contributed by atoms with E-state index in [1.165, 1.54) is 0 Å². The summed E-state index contributed by atoms with van der Waals surface area (Å²) in [7, 11) is 0. The van der Waals surface area contributed by atoms with Gasteiger partial charge < -0.3 is 10.1 Å². The summed E-state index contributed by atoms with van der Waals surface area (Å²) in [6, 6.07) is 0.773. The summed E-state index contributed by atoms with van der Waals surface area (Å²) in [5, 5.41) is 12.9. The molecule has 1 aromatic carbocycles. The number of benzene rings is 1. The zero-order valence-electron chi connectivity index (χ0n) is 8.98. The van der Waals surface area contributed by atoms with Gasteiger partial charge in [0.2, 0.25) is 5.82 Å². The first kappa shape index (κ1) is 12.4. The Kier molecular flexibility index (Phi) is 3.19. The topological polar surface area (TPSA) is 81.5 Å². The quantitative estimate of drug-likeness (QED) is 0.647. The minimum atomic E-state index is -1.35. The molecule has 6 nitrogen and oxygen atoms in total. The monoisotopic (exact) mass is 258 g/mol. The number of carbonyl (C=O) groups excluding carboxylic acids is 1. The van der Waals surface area contributed by atoms with Crippen molar-refractivity contribution < 1.29 is 23.2 Å². The van der Waals surface area contributed by atoms with Crippen LogP contribution in [-0.4, -0.2) is 30.1 Å². The van der Waals surface area contributed by atoms with Gasteiger partial charge in [-0.3, -0.25) is 14.9 Å². The molecule has 1 aromatic rings. The second-order valence-corrected chi connectivity index (χ2v) is 3.75. The third-order valence-corrected chi connectivity index (χ3v) is 2.43. The number of ether oxygens (including phenoxy) is 1. The summed E-state index contributed by atoms with van der Waals surface area (Å²) in [5.74, 6) is -3.29. The Morgan fingerprint density at radius 2 is 2.11 bits per heavy atom. The van der Waals surface area contributed by atoms with E-state index in [0.717, 1.165) is 0 Å². The Morgan fingerprint density at radius 1 is 1.44 bits per heavy atom. The molecular weight excluding hydrogens is 250 g/mol. The van der Waals surface area contributed by atoms with Gasteiger partial charge in [-0.2, -0.15) is 4.39 Å².